The van der Waals surface area contributed by atoms with Gasteiger partial charge in [0.1, 0.15) is 17.1 Å². The van der Waals surface area contributed by atoms with Gasteiger partial charge in [-0.15, -0.1) is 0 Å². The van der Waals surface area contributed by atoms with Crippen molar-refractivity contribution in [1.29, 1.82) is 0 Å². The second kappa shape index (κ2) is 8.92. The number of rotatable bonds is 5. The molecule has 7 nitrogen and oxygen atoms in total. The molecule has 2 aliphatic heterocycles. The molecule has 4 rings (SSSR count). The van der Waals surface area contributed by atoms with Crippen molar-refractivity contribution in [3.8, 4) is 5.75 Å². The average Bonchev–Trinajstić information content (AvgIpc) is 3.08. The number of piperidine rings is 1. The summed E-state index contributed by atoms with van der Waals surface area (Å²) in [4.78, 5) is 32.0. The Labute approximate surface area is 192 Å². The SMILES string of the molecule is COc1ccc(NC(=O)CN2CCC3(CC2)N=C(c2ccc(C)c(C)c2)C(=O)N3)cc1Cl. The molecular formula is C24H27ClN4O3. The molecule has 0 radical (unpaired) electrons. The lowest BCUT2D eigenvalue weighted by Gasteiger charge is -2.36. The van der Waals surface area contributed by atoms with Crippen LogP contribution in [0.25, 0.3) is 0 Å². The highest BCUT2D eigenvalue weighted by atomic mass is 35.5. The van der Waals surface area contributed by atoms with Crippen molar-refractivity contribution in [3.63, 3.8) is 0 Å². The second-order valence-electron chi connectivity index (χ2n) is 8.42. The standard InChI is InChI=1S/C24H27ClN4O3/c1-15-4-5-17(12-16(15)2)22-23(31)28-24(27-22)8-10-29(11-9-24)14-21(30)26-18-6-7-20(32-3)19(25)13-18/h4-7,12-13H,8-11,14H2,1-3H3,(H,26,30)(H,28,31). The predicted molar refractivity (Wildman–Crippen MR) is 126 cm³/mol. The first kappa shape index (κ1) is 22.3. The lowest BCUT2D eigenvalue weighted by Crippen LogP contribution is -2.52. The Morgan fingerprint density at radius 3 is 2.59 bits per heavy atom. The molecule has 2 amide bonds. The van der Waals surface area contributed by atoms with Gasteiger partial charge in [-0.3, -0.25) is 19.5 Å². The summed E-state index contributed by atoms with van der Waals surface area (Å²) in [6.45, 7) is 5.68. The molecule has 2 aromatic carbocycles. The normalized spacial score (nSPS) is 17.8. The Bertz CT molecular complexity index is 1090. The van der Waals surface area contributed by atoms with Crippen LogP contribution in [0.1, 0.15) is 29.5 Å². The molecule has 168 valence electrons. The minimum atomic E-state index is -0.582. The quantitative estimate of drug-likeness (QED) is 0.726. The maximum absolute atomic E-state index is 12.6. The van der Waals surface area contributed by atoms with Gasteiger partial charge < -0.3 is 15.4 Å². The molecule has 2 heterocycles. The monoisotopic (exact) mass is 454 g/mol. The van der Waals surface area contributed by atoms with Gasteiger partial charge in [0.25, 0.3) is 5.91 Å². The zero-order valence-corrected chi connectivity index (χ0v) is 19.3. The van der Waals surface area contributed by atoms with Crippen LogP contribution in [0.15, 0.2) is 41.4 Å². The number of carbonyl (C=O) groups is 2. The summed E-state index contributed by atoms with van der Waals surface area (Å²) in [7, 11) is 1.55. The lowest BCUT2D eigenvalue weighted by molar-refractivity contribution is -0.119. The molecule has 1 saturated heterocycles. The van der Waals surface area contributed by atoms with E-state index in [1.165, 1.54) is 5.56 Å². The third-order valence-electron chi connectivity index (χ3n) is 6.15. The van der Waals surface area contributed by atoms with E-state index >= 15 is 0 Å². The second-order valence-corrected chi connectivity index (χ2v) is 8.83. The summed E-state index contributed by atoms with van der Waals surface area (Å²) in [6, 6.07) is 11.1. The smallest absolute Gasteiger partial charge is 0.272 e. The summed E-state index contributed by atoms with van der Waals surface area (Å²) in [5.74, 6) is 0.318. The van der Waals surface area contributed by atoms with Crippen molar-refractivity contribution in [3.05, 3.63) is 58.1 Å². The van der Waals surface area contributed by atoms with E-state index < -0.39 is 5.66 Å². The minimum Gasteiger partial charge on any atom is -0.495 e. The summed E-state index contributed by atoms with van der Waals surface area (Å²) in [5.41, 5.74) is 3.71. The van der Waals surface area contributed by atoms with E-state index in [4.69, 9.17) is 21.3 Å². The van der Waals surface area contributed by atoms with Crippen molar-refractivity contribution >= 4 is 34.8 Å². The Balaban J connectivity index is 1.36. The predicted octanol–water partition coefficient (Wildman–Crippen LogP) is 3.32. The maximum Gasteiger partial charge on any atom is 0.272 e. The van der Waals surface area contributed by atoms with Crippen LogP contribution < -0.4 is 15.4 Å². The van der Waals surface area contributed by atoms with E-state index in [-0.39, 0.29) is 18.4 Å². The highest BCUT2D eigenvalue weighted by Gasteiger charge is 2.42. The minimum absolute atomic E-state index is 0.114. The number of halogens is 1. The van der Waals surface area contributed by atoms with Crippen LogP contribution in [0.2, 0.25) is 5.02 Å². The van der Waals surface area contributed by atoms with Crippen LogP contribution >= 0.6 is 11.6 Å². The van der Waals surface area contributed by atoms with Gasteiger partial charge in [0, 0.05) is 37.2 Å². The van der Waals surface area contributed by atoms with Crippen molar-refractivity contribution < 1.29 is 14.3 Å². The van der Waals surface area contributed by atoms with E-state index in [0.717, 1.165) is 11.1 Å². The summed E-state index contributed by atoms with van der Waals surface area (Å²) < 4.78 is 5.13. The zero-order valence-electron chi connectivity index (χ0n) is 18.5. The third kappa shape index (κ3) is 4.64. The molecule has 0 aliphatic carbocycles. The number of nitrogens with one attached hydrogen (secondary N) is 2. The fraction of sp³-hybridized carbons (Fsp3) is 0.375. The fourth-order valence-electron chi connectivity index (χ4n) is 4.11. The lowest BCUT2D eigenvalue weighted by atomic mass is 9.98. The Kier molecular flexibility index (Phi) is 6.22. The number of likely N-dealkylation sites (tertiary alicyclic amines) is 1. The largest absolute Gasteiger partial charge is 0.495 e. The molecule has 0 bridgehead atoms. The van der Waals surface area contributed by atoms with Gasteiger partial charge >= 0.3 is 0 Å². The van der Waals surface area contributed by atoms with Crippen LogP contribution in [0.4, 0.5) is 5.69 Å². The molecule has 0 aromatic heterocycles. The Hall–Kier alpha value is -2.90. The van der Waals surface area contributed by atoms with E-state index in [1.54, 1.807) is 25.3 Å². The molecule has 2 N–H and O–H groups in total. The van der Waals surface area contributed by atoms with Gasteiger partial charge in [0.15, 0.2) is 0 Å². The summed E-state index contributed by atoms with van der Waals surface area (Å²) in [6.07, 6.45) is 1.32. The molecule has 1 spiro atoms. The number of hydrogen-bond donors (Lipinski definition) is 2. The van der Waals surface area contributed by atoms with Gasteiger partial charge in [-0.2, -0.15) is 0 Å². The molecule has 0 saturated carbocycles. The topological polar surface area (TPSA) is 83.0 Å². The van der Waals surface area contributed by atoms with Gasteiger partial charge in [0.2, 0.25) is 5.91 Å². The van der Waals surface area contributed by atoms with E-state index in [9.17, 15) is 9.59 Å². The first-order chi connectivity index (χ1) is 15.3. The van der Waals surface area contributed by atoms with Gasteiger partial charge in [0.05, 0.1) is 18.7 Å². The first-order valence-electron chi connectivity index (χ1n) is 10.6. The van der Waals surface area contributed by atoms with Gasteiger partial charge in [-0.25, -0.2) is 0 Å². The van der Waals surface area contributed by atoms with Gasteiger partial charge in [-0.1, -0.05) is 23.7 Å². The van der Waals surface area contributed by atoms with Crippen molar-refractivity contribution in [1.82, 2.24) is 10.2 Å². The van der Waals surface area contributed by atoms with E-state index in [1.807, 2.05) is 32.0 Å². The summed E-state index contributed by atoms with van der Waals surface area (Å²) >= 11 is 6.12. The zero-order chi connectivity index (χ0) is 22.9. The molecule has 8 heteroatoms. The van der Waals surface area contributed by atoms with Crippen molar-refractivity contribution in [2.45, 2.75) is 32.4 Å². The number of ether oxygens (including phenoxy) is 1. The molecule has 32 heavy (non-hydrogen) atoms. The number of amides is 2. The number of benzene rings is 2. The van der Waals surface area contributed by atoms with Crippen LogP contribution in [0.5, 0.6) is 5.75 Å². The number of nitrogens with zero attached hydrogens (tertiary/aromatic N) is 2. The number of carbonyl (C=O) groups excluding carboxylic acids is 2. The van der Waals surface area contributed by atoms with Crippen LogP contribution in [0, 0.1) is 13.8 Å². The fourth-order valence-corrected chi connectivity index (χ4v) is 4.37. The molecule has 1 fully saturated rings. The first-order valence-corrected chi connectivity index (χ1v) is 11.0. The number of anilines is 1. The molecule has 0 atom stereocenters. The van der Waals surface area contributed by atoms with E-state index in [0.29, 0.717) is 48.1 Å². The Morgan fingerprint density at radius 1 is 1.19 bits per heavy atom. The van der Waals surface area contributed by atoms with Crippen molar-refractivity contribution in [2.24, 2.45) is 4.99 Å². The molecule has 2 aromatic rings. The molecule has 2 aliphatic rings. The third-order valence-corrected chi connectivity index (χ3v) is 6.45. The highest BCUT2D eigenvalue weighted by Crippen LogP contribution is 2.30. The van der Waals surface area contributed by atoms with Gasteiger partial charge in [-0.05, 0) is 49.2 Å². The maximum atomic E-state index is 12.6. The average molecular weight is 455 g/mol. The highest BCUT2D eigenvalue weighted by molar-refractivity contribution is 6.46. The number of hydrogen-bond acceptors (Lipinski definition) is 5. The molecule has 0 unspecified atom stereocenters. The summed E-state index contributed by atoms with van der Waals surface area (Å²) in [5, 5.41) is 6.40. The number of aryl methyl sites for hydroxylation is 2. The number of aliphatic imine (C=N–C) groups is 1. The number of methoxy groups -OCH3 is 1. The van der Waals surface area contributed by atoms with Crippen LogP contribution in [0.3, 0.4) is 0 Å². The van der Waals surface area contributed by atoms with Crippen molar-refractivity contribution in [2.75, 3.05) is 32.1 Å². The Morgan fingerprint density at radius 2 is 1.94 bits per heavy atom. The van der Waals surface area contributed by atoms with Crippen LogP contribution in [-0.4, -0.2) is 54.8 Å². The van der Waals surface area contributed by atoms with Crippen LogP contribution in [-0.2, 0) is 9.59 Å². The van der Waals surface area contributed by atoms with E-state index in [2.05, 4.69) is 15.5 Å². The molecular weight excluding hydrogens is 428 g/mol.